The molecule has 1 aromatic carbocycles. The molecule has 1 rings (SSSR count). The molecule has 0 fully saturated rings. The molecule has 0 saturated carbocycles. The third-order valence-corrected chi connectivity index (χ3v) is 2.04. The quantitative estimate of drug-likeness (QED) is 0.392. The van der Waals surface area contributed by atoms with Crippen LogP contribution in [0.25, 0.3) is 0 Å². The van der Waals surface area contributed by atoms with Gasteiger partial charge in [0.1, 0.15) is 0 Å². The van der Waals surface area contributed by atoms with Crippen molar-refractivity contribution in [3.63, 3.8) is 0 Å². The number of para-hydroxylation sites is 1. The summed E-state index contributed by atoms with van der Waals surface area (Å²) < 4.78 is 10.3. The fourth-order valence-electron chi connectivity index (χ4n) is 1.25. The maximum absolute atomic E-state index is 10.5. The lowest BCUT2D eigenvalue weighted by molar-refractivity contribution is -0.139. The Labute approximate surface area is 115 Å². The van der Waals surface area contributed by atoms with E-state index in [1.807, 2.05) is 0 Å². The fraction of sp³-hybridized carbons (Fsp3) is 0.182. The fourth-order valence-corrected chi connectivity index (χ4v) is 1.30. The Morgan fingerprint density at radius 2 is 2.37 bits per heavy atom. The van der Waals surface area contributed by atoms with E-state index in [9.17, 15) is 4.79 Å². The van der Waals surface area contributed by atoms with Crippen molar-refractivity contribution in [1.29, 1.82) is 0 Å². The Morgan fingerprint density at radius 3 is 2.95 bits per heavy atom. The minimum Gasteiger partial charge on any atom is -0.493 e. The summed E-state index contributed by atoms with van der Waals surface area (Å²) in [5, 5.41) is 12.4. The number of nitrogens with one attached hydrogen (secondary N) is 1. The first-order chi connectivity index (χ1) is 9.04. The summed E-state index contributed by atoms with van der Waals surface area (Å²) in [4.78, 5) is 10.5. The second-order valence-corrected chi connectivity index (χ2v) is 3.74. The molecule has 8 heteroatoms. The van der Waals surface area contributed by atoms with E-state index >= 15 is 0 Å². The van der Waals surface area contributed by atoms with Gasteiger partial charge in [0.25, 0.3) is 0 Å². The van der Waals surface area contributed by atoms with Gasteiger partial charge in [0, 0.05) is 5.56 Å². The van der Waals surface area contributed by atoms with Gasteiger partial charge in [-0.15, -0.1) is 0 Å². The van der Waals surface area contributed by atoms with Crippen LogP contribution in [0.5, 0.6) is 11.5 Å². The number of aliphatic carboxylic acids is 1. The second kappa shape index (κ2) is 7.17. The topological polar surface area (TPSA) is 106 Å². The van der Waals surface area contributed by atoms with Crippen molar-refractivity contribution in [2.24, 2.45) is 10.8 Å². The second-order valence-electron chi connectivity index (χ2n) is 3.30. The predicted octanol–water partition coefficient (Wildman–Crippen LogP) is 0.326. The molecule has 0 aliphatic carbocycles. The highest BCUT2D eigenvalue weighted by Crippen LogP contribution is 2.29. The first-order valence-electron chi connectivity index (χ1n) is 5.14. The maximum Gasteiger partial charge on any atom is 0.341 e. The number of carbonyl (C=O) groups is 1. The van der Waals surface area contributed by atoms with Gasteiger partial charge < -0.3 is 20.3 Å². The summed E-state index contributed by atoms with van der Waals surface area (Å²) in [5.74, 6) is -0.406. The zero-order valence-corrected chi connectivity index (χ0v) is 10.9. The zero-order valence-electron chi connectivity index (χ0n) is 10.1. The van der Waals surface area contributed by atoms with Gasteiger partial charge in [0.15, 0.2) is 23.2 Å². The molecule has 4 N–H and O–H groups in total. The van der Waals surface area contributed by atoms with Gasteiger partial charge in [0.2, 0.25) is 0 Å². The molecular weight excluding hydrogens is 270 g/mol. The molecule has 0 amide bonds. The Balaban J connectivity index is 2.97. The van der Waals surface area contributed by atoms with E-state index in [1.165, 1.54) is 13.3 Å². The third kappa shape index (κ3) is 4.80. The highest BCUT2D eigenvalue weighted by Gasteiger charge is 2.10. The van der Waals surface area contributed by atoms with Crippen LogP contribution in [0.4, 0.5) is 0 Å². The number of hydrogen-bond donors (Lipinski definition) is 3. The lowest BCUT2D eigenvalue weighted by Crippen LogP contribution is -2.24. The summed E-state index contributed by atoms with van der Waals surface area (Å²) in [6, 6.07) is 5.05. The Kier molecular flexibility index (Phi) is 5.55. The van der Waals surface area contributed by atoms with Crippen molar-refractivity contribution >= 4 is 29.5 Å². The predicted molar refractivity (Wildman–Crippen MR) is 73.6 cm³/mol. The summed E-state index contributed by atoms with van der Waals surface area (Å²) >= 11 is 4.60. The van der Waals surface area contributed by atoms with Gasteiger partial charge in [-0.05, 0) is 24.4 Å². The normalized spacial score (nSPS) is 10.2. The summed E-state index contributed by atoms with van der Waals surface area (Å²) in [7, 11) is 1.46. The van der Waals surface area contributed by atoms with Crippen molar-refractivity contribution in [2.75, 3.05) is 13.7 Å². The van der Waals surface area contributed by atoms with Crippen LogP contribution in [0.2, 0.25) is 0 Å². The van der Waals surface area contributed by atoms with Crippen LogP contribution in [0.1, 0.15) is 5.56 Å². The largest absolute Gasteiger partial charge is 0.493 e. The van der Waals surface area contributed by atoms with Crippen molar-refractivity contribution in [2.45, 2.75) is 0 Å². The first kappa shape index (κ1) is 14.7. The molecule has 19 heavy (non-hydrogen) atoms. The molecule has 1 aromatic rings. The van der Waals surface area contributed by atoms with E-state index in [2.05, 4.69) is 22.7 Å². The van der Waals surface area contributed by atoms with Gasteiger partial charge in [-0.1, -0.05) is 6.07 Å². The van der Waals surface area contributed by atoms with E-state index in [0.29, 0.717) is 11.3 Å². The number of carboxylic acid groups (broad SMARTS) is 1. The first-order valence-corrected chi connectivity index (χ1v) is 5.55. The summed E-state index contributed by atoms with van der Waals surface area (Å²) in [6.07, 6.45) is 1.40. The van der Waals surface area contributed by atoms with Crippen molar-refractivity contribution in [3.8, 4) is 11.5 Å². The van der Waals surface area contributed by atoms with Gasteiger partial charge in [-0.25, -0.2) is 4.79 Å². The van der Waals surface area contributed by atoms with Crippen LogP contribution < -0.4 is 20.6 Å². The van der Waals surface area contributed by atoms with E-state index in [-0.39, 0.29) is 10.9 Å². The standard InChI is InChI=1S/C11H13N3O4S/c1-17-8-4-2-3-7(5-13-14-11(12)19)10(8)18-6-9(15)16/h2-5H,6H2,1H3,(H,15,16)(H3,12,14,19)/b13-5-. The number of thiocarbonyl (C=S) groups is 1. The SMILES string of the molecule is COc1cccc(/C=N\NC(N)=S)c1OCC(=O)O. The van der Waals surface area contributed by atoms with Crippen LogP contribution in [-0.2, 0) is 4.79 Å². The van der Waals surface area contributed by atoms with E-state index in [0.717, 1.165) is 0 Å². The zero-order chi connectivity index (χ0) is 14.3. The number of nitrogens with zero attached hydrogens (tertiary/aromatic N) is 1. The molecule has 0 saturated heterocycles. The number of nitrogens with two attached hydrogens (primary N) is 1. The van der Waals surface area contributed by atoms with Gasteiger partial charge >= 0.3 is 5.97 Å². The molecule has 0 bridgehead atoms. The minimum absolute atomic E-state index is 0.0205. The smallest absolute Gasteiger partial charge is 0.341 e. The highest BCUT2D eigenvalue weighted by molar-refractivity contribution is 7.80. The average molecular weight is 283 g/mol. The molecular formula is C11H13N3O4S. The highest BCUT2D eigenvalue weighted by atomic mass is 32.1. The number of hydrazone groups is 1. The molecule has 0 spiro atoms. The molecule has 0 aromatic heterocycles. The van der Waals surface area contributed by atoms with Crippen molar-refractivity contribution in [3.05, 3.63) is 23.8 Å². The molecule has 0 atom stereocenters. The maximum atomic E-state index is 10.5. The Bertz CT molecular complexity index is 505. The van der Waals surface area contributed by atoms with Crippen LogP contribution in [0.15, 0.2) is 23.3 Å². The molecule has 102 valence electrons. The van der Waals surface area contributed by atoms with Crippen molar-refractivity contribution in [1.82, 2.24) is 5.43 Å². The number of hydrogen-bond acceptors (Lipinski definition) is 5. The number of rotatable bonds is 6. The van der Waals surface area contributed by atoms with Crippen LogP contribution in [0.3, 0.4) is 0 Å². The molecule has 0 heterocycles. The van der Waals surface area contributed by atoms with Gasteiger partial charge in [0.05, 0.1) is 13.3 Å². The Hall–Kier alpha value is -2.35. The lowest BCUT2D eigenvalue weighted by atomic mass is 10.2. The monoisotopic (exact) mass is 283 g/mol. The third-order valence-electron chi connectivity index (χ3n) is 1.95. The minimum atomic E-state index is -1.09. The van der Waals surface area contributed by atoms with E-state index in [4.69, 9.17) is 20.3 Å². The van der Waals surface area contributed by atoms with E-state index in [1.54, 1.807) is 18.2 Å². The molecule has 0 radical (unpaired) electrons. The van der Waals surface area contributed by atoms with Gasteiger partial charge in [-0.3, -0.25) is 5.43 Å². The van der Waals surface area contributed by atoms with Crippen LogP contribution >= 0.6 is 12.2 Å². The molecule has 0 unspecified atom stereocenters. The molecule has 0 aliphatic heterocycles. The van der Waals surface area contributed by atoms with Gasteiger partial charge in [-0.2, -0.15) is 5.10 Å². The van der Waals surface area contributed by atoms with Crippen LogP contribution in [0, 0.1) is 0 Å². The summed E-state index contributed by atoms with van der Waals surface area (Å²) in [5.41, 5.74) is 8.14. The molecule has 7 nitrogen and oxygen atoms in total. The number of ether oxygens (including phenoxy) is 2. The average Bonchev–Trinajstić information content (AvgIpc) is 2.36. The number of carboxylic acids is 1. The summed E-state index contributed by atoms with van der Waals surface area (Å²) in [6.45, 7) is -0.482. The molecule has 0 aliphatic rings. The van der Waals surface area contributed by atoms with E-state index < -0.39 is 12.6 Å². The number of benzene rings is 1. The lowest BCUT2D eigenvalue weighted by Gasteiger charge is -2.11. The van der Waals surface area contributed by atoms with Crippen LogP contribution in [-0.4, -0.2) is 36.1 Å². The number of methoxy groups -OCH3 is 1. The van der Waals surface area contributed by atoms with Crippen molar-refractivity contribution < 1.29 is 19.4 Å². The Morgan fingerprint density at radius 1 is 1.63 bits per heavy atom.